The van der Waals surface area contributed by atoms with E-state index in [1.807, 2.05) is 0 Å². The van der Waals surface area contributed by atoms with Crippen LogP contribution in [0.25, 0.3) is 11.1 Å². The van der Waals surface area contributed by atoms with Gasteiger partial charge in [-0.05, 0) is 60.9 Å². The van der Waals surface area contributed by atoms with Gasteiger partial charge in [-0.2, -0.15) is 18.2 Å². The monoisotopic (exact) mass is 455 g/mol. The number of hydrogen-bond donors (Lipinski definition) is 1. The molecule has 2 aromatic heterocycles. The highest BCUT2D eigenvalue weighted by atomic mass is 19.3. The summed E-state index contributed by atoms with van der Waals surface area (Å²) in [4.78, 5) is 15.0. The number of aromatic nitrogens is 3. The molecule has 9 heteroatoms. The quantitative estimate of drug-likeness (QED) is 0.475. The van der Waals surface area contributed by atoms with Crippen molar-refractivity contribution in [3.63, 3.8) is 0 Å². The van der Waals surface area contributed by atoms with Crippen molar-refractivity contribution in [2.75, 3.05) is 23.3 Å². The molecule has 1 aliphatic heterocycles. The Balaban J connectivity index is 1.31. The number of pyridine rings is 1. The van der Waals surface area contributed by atoms with Crippen molar-refractivity contribution in [1.29, 1.82) is 0 Å². The molecule has 2 aliphatic rings. The van der Waals surface area contributed by atoms with Crippen LogP contribution in [0.4, 0.5) is 30.6 Å². The van der Waals surface area contributed by atoms with E-state index in [0.717, 1.165) is 25.9 Å². The molecule has 1 saturated carbocycles. The van der Waals surface area contributed by atoms with Crippen LogP contribution in [0.5, 0.6) is 5.75 Å². The van der Waals surface area contributed by atoms with Crippen LogP contribution < -0.4 is 15.0 Å². The molecule has 2 fully saturated rings. The minimum Gasteiger partial charge on any atom is -0.435 e. The van der Waals surface area contributed by atoms with Gasteiger partial charge in [0.1, 0.15) is 11.6 Å². The molecule has 1 saturated heterocycles. The van der Waals surface area contributed by atoms with E-state index >= 15 is 0 Å². The van der Waals surface area contributed by atoms with Crippen LogP contribution in [-0.4, -0.2) is 34.7 Å². The van der Waals surface area contributed by atoms with Crippen molar-refractivity contribution >= 4 is 17.5 Å². The first kappa shape index (κ1) is 21.5. The molecular formula is C24H24F3N5O. The van der Waals surface area contributed by atoms with Crippen molar-refractivity contribution in [2.24, 2.45) is 5.41 Å². The van der Waals surface area contributed by atoms with Gasteiger partial charge in [0.05, 0.1) is 5.69 Å². The number of nitrogens with one attached hydrogen (secondary N) is 1. The fraction of sp³-hybridized carbons (Fsp3) is 0.375. The summed E-state index contributed by atoms with van der Waals surface area (Å²) in [5, 5.41) is 3.00. The first-order valence-corrected chi connectivity index (χ1v) is 11.1. The van der Waals surface area contributed by atoms with E-state index in [4.69, 9.17) is 0 Å². The first-order chi connectivity index (χ1) is 16.0. The van der Waals surface area contributed by atoms with Crippen molar-refractivity contribution in [3.8, 4) is 16.9 Å². The largest absolute Gasteiger partial charge is 0.435 e. The average molecular weight is 455 g/mol. The number of nitrogens with zero attached hydrogens (tertiary/aromatic N) is 4. The molecule has 1 aliphatic carbocycles. The molecule has 0 unspecified atom stereocenters. The highest BCUT2D eigenvalue weighted by Crippen LogP contribution is 2.49. The zero-order valence-electron chi connectivity index (χ0n) is 18.0. The maximum Gasteiger partial charge on any atom is 0.387 e. The summed E-state index contributed by atoms with van der Waals surface area (Å²) < 4.78 is 43.5. The third-order valence-electron chi connectivity index (χ3n) is 6.68. The van der Waals surface area contributed by atoms with Gasteiger partial charge >= 0.3 is 6.61 Å². The Morgan fingerprint density at radius 2 is 1.73 bits per heavy atom. The topological polar surface area (TPSA) is 63.2 Å². The smallest absolute Gasteiger partial charge is 0.387 e. The van der Waals surface area contributed by atoms with Crippen molar-refractivity contribution in [3.05, 3.63) is 54.7 Å². The Morgan fingerprint density at radius 3 is 2.39 bits per heavy atom. The van der Waals surface area contributed by atoms with E-state index in [1.54, 1.807) is 30.5 Å². The van der Waals surface area contributed by atoms with Crippen molar-refractivity contribution in [2.45, 2.75) is 38.7 Å². The molecular weight excluding hydrogens is 431 g/mol. The molecule has 0 bridgehead atoms. The molecule has 0 radical (unpaired) electrons. The second kappa shape index (κ2) is 8.88. The molecule has 6 nitrogen and oxygen atoms in total. The van der Waals surface area contributed by atoms with E-state index < -0.39 is 12.6 Å². The predicted molar refractivity (Wildman–Crippen MR) is 119 cm³/mol. The first-order valence-electron chi connectivity index (χ1n) is 11.1. The summed E-state index contributed by atoms with van der Waals surface area (Å²) in [6.45, 7) is -1.03. The number of anilines is 3. The number of alkyl halides is 2. The van der Waals surface area contributed by atoms with Crippen molar-refractivity contribution < 1.29 is 17.9 Å². The Labute approximate surface area is 189 Å². The SMILES string of the molecule is Fc1ncc(-c2ccc(OC(F)F)cc2)cc1Nc1ccnc(N2CCC3(CCC3)CC2)n1. The van der Waals surface area contributed by atoms with Gasteiger partial charge in [0, 0.05) is 31.0 Å². The number of hydrogen-bond acceptors (Lipinski definition) is 6. The number of ether oxygens (including phenoxy) is 1. The summed E-state index contributed by atoms with van der Waals surface area (Å²) in [6.07, 6.45) is 9.36. The summed E-state index contributed by atoms with van der Waals surface area (Å²) in [5.74, 6) is 0.494. The van der Waals surface area contributed by atoms with Gasteiger partial charge in [0.2, 0.25) is 11.9 Å². The number of piperidine rings is 1. The highest BCUT2D eigenvalue weighted by Gasteiger charge is 2.39. The second-order valence-corrected chi connectivity index (χ2v) is 8.67. The summed E-state index contributed by atoms with van der Waals surface area (Å²) in [5.41, 5.74) is 2.01. The molecule has 172 valence electrons. The molecule has 1 spiro atoms. The molecule has 33 heavy (non-hydrogen) atoms. The summed E-state index contributed by atoms with van der Waals surface area (Å²) in [6, 6.07) is 9.38. The maximum atomic E-state index is 14.4. The lowest BCUT2D eigenvalue weighted by Crippen LogP contribution is -2.44. The number of rotatable bonds is 6. The second-order valence-electron chi connectivity index (χ2n) is 8.67. The summed E-state index contributed by atoms with van der Waals surface area (Å²) in [7, 11) is 0. The highest BCUT2D eigenvalue weighted by molar-refractivity contribution is 5.69. The lowest BCUT2D eigenvalue weighted by atomic mass is 9.63. The molecule has 0 atom stereocenters. The normalized spacial score (nSPS) is 17.2. The van der Waals surface area contributed by atoms with E-state index in [0.29, 0.717) is 28.3 Å². The van der Waals surface area contributed by atoms with Crippen LogP contribution >= 0.6 is 0 Å². The standard InChI is InChI=1S/C24H24F3N5O/c25-21-19(14-17(15-29-21)16-2-4-18(5-3-16)33-22(26)27)30-20-6-11-28-23(31-20)32-12-9-24(10-13-32)7-1-8-24/h2-6,11,14-15,22H,1,7-10,12-13H2,(H,28,30,31). The van der Waals surface area contributed by atoms with Crippen LogP contribution in [0, 0.1) is 11.4 Å². The van der Waals surface area contributed by atoms with Crippen LogP contribution in [0.3, 0.4) is 0 Å². The zero-order valence-corrected chi connectivity index (χ0v) is 18.0. The van der Waals surface area contributed by atoms with Crippen LogP contribution in [0.1, 0.15) is 32.1 Å². The van der Waals surface area contributed by atoms with Gasteiger partial charge < -0.3 is 15.0 Å². The van der Waals surface area contributed by atoms with Gasteiger partial charge in [-0.1, -0.05) is 18.6 Å². The molecule has 3 aromatic rings. The Morgan fingerprint density at radius 1 is 0.970 bits per heavy atom. The Kier molecular flexibility index (Phi) is 5.78. The van der Waals surface area contributed by atoms with E-state index in [1.165, 1.54) is 37.6 Å². The van der Waals surface area contributed by atoms with Gasteiger partial charge in [-0.25, -0.2) is 9.97 Å². The third kappa shape index (κ3) is 4.72. The Bertz CT molecular complexity index is 1110. The lowest BCUT2D eigenvalue weighted by molar-refractivity contribution is -0.0498. The molecule has 3 heterocycles. The maximum absolute atomic E-state index is 14.4. The molecule has 0 amide bonds. The van der Waals surface area contributed by atoms with Crippen molar-refractivity contribution in [1.82, 2.24) is 15.0 Å². The minimum atomic E-state index is -2.89. The predicted octanol–water partition coefficient (Wildman–Crippen LogP) is 5.79. The lowest BCUT2D eigenvalue weighted by Gasteiger charge is -2.48. The molecule has 5 rings (SSSR count). The van der Waals surface area contributed by atoms with Crippen LogP contribution in [-0.2, 0) is 0 Å². The van der Waals surface area contributed by atoms with Gasteiger partial charge in [0.25, 0.3) is 0 Å². The van der Waals surface area contributed by atoms with Crippen LogP contribution in [0.2, 0.25) is 0 Å². The molecule has 1 N–H and O–H groups in total. The fourth-order valence-electron chi connectivity index (χ4n) is 4.59. The van der Waals surface area contributed by atoms with E-state index in [2.05, 4.69) is 29.9 Å². The van der Waals surface area contributed by atoms with E-state index in [9.17, 15) is 13.2 Å². The Hall–Kier alpha value is -3.36. The van der Waals surface area contributed by atoms with Crippen LogP contribution in [0.15, 0.2) is 48.8 Å². The third-order valence-corrected chi connectivity index (χ3v) is 6.68. The minimum absolute atomic E-state index is 0.0524. The number of benzene rings is 1. The van der Waals surface area contributed by atoms with Gasteiger partial charge in [-0.15, -0.1) is 0 Å². The van der Waals surface area contributed by atoms with E-state index in [-0.39, 0.29) is 11.4 Å². The average Bonchev–Trinajstić information content (AvgIpc) is 2.80. The molecule has 1 aromatic carbocycles. The number of halogens is 3. The van der Waals surface area contributed by atoms with Gasteiger partial charge in [-0.3, -0.25) is 0 Å². The van der Waals surface area contributed by atoms with Gasteiger partial charge in [0.15, 0.2) is 0 Å². The fourth-order valence-corrected chi connectivity index (χ4v) is 4.59. The zero-order chi connectivity index (χ0) is 22.8. The summed E-state index contributed by atoms with van der Waals surface area (Å²) >= 11 is 0.